The second-order valence-electron chi connectivity index (χ2n) is 3.52. The van der Waals surface area contributed by atoms with Crippen LogP contribution in [0.3, 0.4) is 0 Å². The van der Waals surface area contributed by atoms with Gasteiger partial charge in [0.05, 0.1) is 11.4 Å². The Balaban J connectivity index is 2.54. The van der Waals surface area contributed by atoms with E-state index in [0.717, 1.165) is 17.0 Å². The zero-order valence-electron chi connectivity index (χ0n) is 8.20. The zero-order chi connectivity index (χ0) is 10.1. The third-order valence-electron chi connectivity index (χ3n) is 2.18. The second kappa shape index (κ2) is 3.17. The molecule has 4 N–H and O–H groups in total. The van der Waals surface area contributed by atoms with Crippen LogP contribution in [0.25, 0.3) is 11.4 Å². The number of hydrogen-bond donors (Lipinski definition) is 3. The van der Waals surface area contributed by atoms with Gasteiger partial charge >= 0.3 is 0 Å². The van der Waals surface area contributed by atoms with E-state index >= 15 is 0 Å². The number of aromatic amines is 2. The first-order valence-electron chi connectivity index (χ1n) is 4.53. The van der Waals surface area contributed by atoms with E-state index in [2.05, 4.69) is 34.2 Å². The summed E-state index contributed by atoms with van der Waals surface area (Å²) in [5, 5.41) is 13.7. The summed E-state index contributed by atoms with van der Waals surface area (Å²) in [5.41, 5.74) is 8.65. The Kier molecular flexibility index (Phi) is 1.99. The highest BCUT2D eigenvalue weighted by atomic mass is 15.2. The molecule has 0 amide bonds. The number of H-pyrrole nitrogens is 2. The average molecular weight is 191 g/mol. The number of nitrogens with two attached hydrogens (primary N) is 1. The summed E-state index contributed by atoms with van der Waals surface area (Å²) in [5.74, 6) is 0.900. The van der Waals surface area contributed by atoms with Gasteiger partial charge in [0.15, 0.2) is 0 Å². The first-order valence-corrected chi connectivity index (χ1v) is 4.53. The molecule has 0 saturated carbocycles. The largest absolute Gasteiger partial charge is 0.382 e. The summed E-state index contributed by atoms with van der Waals surface area (Å²) >= 11 is 0. The van der Waals surface area contributed by atoms with Crippen molar-refractivity contribution in [3.8, 4) is 11.4 Å². The fraction of sp³-hybridized carbons (Fsp3) is 0.333. The molecule has 0 aromatic carbocycles. The van der Waals surface area contributed by atoms with Crippen molar-refractivity contribution in [1.29, 1.82) is 0 Å². The maximum Gasteiger partial charge on any atom is 0.149 e. The van der Waals surface area contributed by atoms with Gasteiger partial charge in [-0.15, -0.1) is 0 Å². The van der Waals surface area contributed by atoms with Gasteiger partial charge in [0.2, 0.25) is 0 Å². The second-order valence-corrected chi connectivity index (χ2v) is 3.52. The van der Waals surface area contributed by atoms with Crippen LogP contribution in [0.5, 0.6) is 0 Å². The third-order valence-corrected chi connectivity index (χ3v) is 2.18. The van der Waals surface area contributed by atoms with Crippen molar-refractivity contribution in [2.45, 2.75) is 19.8 Å². The lowest BCUT2D eigenvalue weighted by molar-refractivity contribution is 0.871. The maximum absolute atomic E-state index is 5.77. The Hall–Kier alpha value is -1.78. The molecule has 2 heterocycles. The van der Waals surface area contributed by atoms with Gasteiger partial charge in [-0.3, -0.25) is 10.2 Å². The molecule has 0 bridgehead atoms. The normalized spacial score (nSPS) is 11.1. The Morgan fingerprint density at radius 2 is 2.14 bits per heavy atom. The lowest BCUT2D eigenvalue weighted by Gasteiger charge is -2.05. The predicted molar refractivity (Wildman–Crippen MR) is 54.7 cm³/mol. The van der Waals surface area contributed by atoms with Crippen molar-refractivity contribution in [3.63, 3.8) is 0 Å². The fourth-order valence-electron chi connectivity index (χ4n) is 1.55. The van der Waals surface area contributed by atoms with Crippen molar-refractivity contribution in [2.75, 3.05) is 5.73 Å². The molecule has 0 fully saturated rings. The van der Waals surface area contributed by atoms with Gasteiger partial charge in [-0.05, 0) is 12.0 Å². The molecule has 2 rings (SSSR count). The Morgan fingerprint density at radius 1 is 1.36 bits per heavy atom. The Bertz CT molecular complexity index is 412. The van der Waals surface area contributed by atoms with Crippen molar-refractivity contribution in [1.82, 2.24) is 20.4 Å². The molecule has 74 valence electrons. The average Bonchev–Trinajstić information content (AvgIpc) is 2.70. The van der Waals surface area contributed by atoms with E-state index in [9.17, 15) is 0 Å². The molecular formula is C9H13N5. The molecule has 0 spiro atoms. The highest BCUT2D eigenvalue weighted by molar-refractivity contribution is 5.65. The van der Waals surface area contributed by atoms with Crippen LogP contribution in [-0.4, -0.2) is 20.4 Å². The van der Waals surface area contributed by atoms with Crippen molar-refractivity contribution >= 4 is 5.82 Å². The summed E-state index contributed by atoms with van der Waals surface area (Å²) in [6.45, 7) is 4.17. The molecule has 0 saturated heterocycles. The van der Waals surface area contributed by atoms with E-state index in [1.165, 1.54) is 0 Å². The predicted octanol–water partition coefficient (Wildman–Crippen LogP) is 1.51. The fourth-order valence-corrected chi connectivity index (χ4v) is 1.55. The molecule has 14 heavy (non-hydrogen) atoms. The summed E-state index contributed by atoms with van der Waals surface area (Å²) in [7, 11) is 0. The van der Waals surface area contributed by atoms with Crippen molar-refractivity contribution in [3.05, 3.63) is 17.8 Å². The summed E-state index contributed by atoms with van der Waals surface area (Å²) < 4.78 is 0. The molecule has 0 aliphatic heterocycles. The van der Waals surface area contributed by atoms with E-state index in [4.69, 9.17) is 5.73 Å². The van der Waals surface area contributed by atoms with Crippen LogP contribution in [0.2, 0.25) is 0 Å². The minimum Gasteiger partial charge on any atom is -0.382 e. The molecule has 0 aliphatic carbocycles. The van der Waals surface area contributed by atoms with E-state index in [0.29, 0.717) is 11.7 Å². The molecule has 5 nitrogen and oxygen atoms in total. The summed E-state index contributed by atoms with van der Waals surface area (Å²) in [4.78, 5) is 0. The minimum atomic E-state index is 0.340. The lowest BCUT2D eigenvalue weighted by atomic mass is 10.0. The number of nitrogens with one attached hydrogen (secondary N) is 2. The van der Waals surface area contributed by atoms with Crippen molar-refractivity contribution in [2.24, 2.45) is 0 Å². The number of anilines is 1. The molecule has 0 aliphatic rings. The highest BCUT2D eigenvalue weighted by Crippen LogP contribution is 2.29. The van der Waals surface area contributed by atoms with Gasteiger partial charge in [-0.2, -0.15) is 10.2 Å². The zero-order valence-corrected chi connectivity index (χ0v) is 8.20. The monoisotopic (exact) mass is 191 g/mol. The number of nitrogens with zero attached hydrogens (tertiary/aromatic N) is 2. The van der Waals surface area contributed by atoms with E-state index in [1.807, 2.05) is 6.07 Å². The topological polar surface area (TPSA) is 83.4 Å². The number of aromatic nitrogens is 4. The van der Waals surface area contributed by atoms with Crippen LogP contribution in [0.15, 0.2) is 12.3 Å². The first-order chi connectivity index (χ1) is 6.70. The number of hydrogen-bond acceptors (Lipinski definition) is 3. The molecule has 0 atom stereocenters. The van der Waals surface area contributed by atoms with Gasteiger partial charge in [-0.25, -0.2) is 0 Å². The minimum absolute atomic E-state index is 0.340. The van der Waals surface area contributed by atoms with Gasteiger partial charge in [0.1, 0.15) is 5.82 Å². The smallest absolute Gasteiger partial charge is 0.149 e. The quantitative estimate of drug-likeness (QED) is 0.672. The molecule has 0 radical (unpaired) electrons. The Morgan fingerprint density at radius 3 is 2.71 bits per heavy atom. The maximum atomic E-state index is 5.77. The standard InChI is InChI=1S/C9H13N5/c1-5(2)7-8(13-14-9(7)10)6-3-4-11-12-6/h3-5H,1-2H3,(H,11,12)(H3,10,13,14). The van der Waals surface area contributed by atoms with Crippen LogP contribution >= 0.6 is 0 Å². The Labute approximate surface area is 81.7 Å². The number of nitrogen functional groups attached to an aromatic ring is 1. The molecule has 2 aromatic heterocycles. The molecule has 2 aromatic rings. The van der Waals surface area contributed by atoms with Gasteiger partial charge < -0.3 is 5.73 Å². The van der Waals surface area contributed by atoms with Gasteiger partial charge in [-0.1, -0.05) is 13.8 Å². The van der Waals surface area contributed by atoms with Crippen LogP contribution in [0.4, 0.5) is 5.82 Å². The third kappa shape index (κ3) is 1.26. The van der Waals surface area contributed by atoms with Crippen LogP contribution in [0.1, 0.15) is 25.3 Å². The van der Waals surface area contributed by atoms with E-state index < -0.39 is 0 Å². The van der Waals surface area contributed by atoms with Crippen molar-refractivity contribution < 1.29 is 0 Å². The highest BCUT2D eigenvalue weighted by Gasteiger charge is 2.15. The van der Waals surface area contributed by atoms with E-state index in [1.54, 1.807) is 6.20 Å². The van der Waals surface area contributed by atoms with Crippen LogP contribution in [-0.2, 0) is 0 Å². The summed E-state index contributed by atoms with van der Waals surface area (Å²) in [6.07, 6.45) is 1.70. The number of rotatable bonds is 2. The SMILES string of the molecule is CC(C)c1c(N)n[nH]c1-c1ccn[nH]1. The molecular weight excluding hydrogens is 178 g/mol. The lowest BCUT2D eigenvalue weighted by Crippen LogP contribution is -1.95. The van der Waals surface area contributed by atoms with Gasteiger partial charge in [0.25, 0.3) is 0 Å². The summed E-state index contributed by atoms with van der Waals surface area (Å²) in [6, 6.07) is 1.89. The van der Waals surface area contributed by atoms with Gasteiger partial charge in [0, 0.05) is 11.8 Å². The molecule has 0 unspecified atom stereocenters. The van der Waals surface area contributed by atoms with Crippen LogP contribution in [0, 0.1) is 0 Å². The van der Waals surface area contributed by atoms with Crippen LogP contribution < -0.4 is 5.73 Å². The molecule has 5 heteroatoms. The first kappa shape index (κ1) is 8.80. The van der Waals surface area contributed by atoms with E-state index in [-0.39, 0.29) is 0 Å².